The SMILES string of the molecule is CCOc1ccc(N(CC(=O)Nc2ccc(NC(C)=O)cc2)S(=O)(=O)c2ccc(Cl)cc2)cc1. The minimum absolute atomic E-state index is 0.00163. The third kappa shape index (κ3) is 6.49. The van der Waals surface area contributed by atoms with Gasteiger partial charge in [0.25, 0.3) is 10.0 Å². The minimum Gasteiger partial charge on any atom is -0.494 e. The van der Waals surface area contributed by atoms with Crippen LogP contribution in [0.4, 0.5) is 17.1 Å². The number of benzene rings is 3. The Morgan fingerprint density at radius 2 is 1.44 bits per heavy atom. The minimum atomic E-state index is -4.08. The van der Waals surface area contributed by atoms with Crippen LogP contribution in [-0.2, 0) is 19.6 Å². The number of halogens is 1. The van der Waals surface area contributed by atoms with Gasteiger partial charge in [-0.25, -0.2) is 8.42 Å². The largest absolute Gasteiger partial charge is 0.494 e. The molecule has 34 heavy (non-hydrogen) atoms. The number of carbonyl (C=O) groups excluding carboxylic acids is 2. The Bertz CT molecular complexity index is 1250. The first-order valence-electron chi connectivity index (χ1n) is 10.4. The second-order valence-electron chi connectivity index (χ2n) is 7.20. The monoisotopic (exact) mass is 501 g/mol. The van der Waals surface area contributed by atoms with Gasteiger partial charge in [-0.1, -0.05) is 11.6 Å². The van der Waals surface area contributed by atoms with Gasteiger partial charge in [-0.15, -0.1) is 0 Å². The lowest BCUT2D eigenvalue weighted by atomic mass is 10.2. The highest BCUT2D eigenvalue weighted by atomic mass is 35.5. The summed E-state index contributed by atoms with van der Waals surface area (Å²) in [6.45, 7) is 3.24. The van der Waals surface area contributed by atoms with E-state index in [4.69, 9.17) is 16.3 Å². The van der Waals surface area contributed by atoms with E-state index in [2.05, 4.69) is 10.6 Å². The molecule has 0 aromatic heterocycles. The molecule has 3 aromatic rings. The number of hydrogen-bond donors (Lipinski definition) is 2. The molecule has 0 atom stereocenters. The molecular weight excluding hydrogens is 478 g/mol. The molecule has 0 spiro atoms. The lowest BCUT2D eigenvalue weighted by Gasteiger charge is -2.24. The molecule has 0 saturated carbocycles. The summed E-state index contributed by atoms with van der Waals surface area (Å²) in [5.74, 6) is -0.173. The van der Waals surface area contributed by atoms with Crippen LogP contribution in [0.2, 0.25) is 5.02 Å². The standard InChI is InChI=1S/C24H24ClN3O5S/c1-3-33-22-12-10-21(11-13-22)28(34(31,32)23-14-4-18(25)5-15-23)16-24(30)27-20-8-6-19(7-9-20)26-17(2)29/h4-15H,3,16H2,1-2H3,(H,26,29)(H,27,30). The Labute approximate surface area is 203 Å². The van der Waals surface area contributed by atoms with Crippen LogP contribution in [0, 0.1) is 0 Å². The van der Waals surface area contributed by atoms with Crippen LogP contribution in [0.25, 0.3) is 0 Å². The molecule has 2 amide bonds. The Balaban J connectivity index is 1.86. The zero-order chi connectivity index (χ0) is 24.7. The zero-order valence-electron chi connectivity index (χ0n) is 18.6. The molecule has 0 heterocycles. The molecular formula is C24H24ClN3O5S. The second kappa shape index (κ2) is 11.0. The predicted octanol–water partition coefficient (Wildman–Crippen LogP) is 4.53. The first kappa shape index (κ1) is 25.1. The van der Waals surface area contributed by atoms with Gasteiger partial charge in [-0.2, -0.15) is 0 Å². The fraction of sp³-hybridized carbons (Fsp3) is 0.167. The normalized spacial score (nSPS) is 10.9. The van der Waals surface area contributed by atoms with E-state index < -0.39 is 22.5 Å². The van der Waals surface area contributed by atoms with Gasteiger partial charge in [0.2, 0.25) is 11.8 Å². The Hall–Kier alpha value is -3.56. The molecule has 0 fully saturated rings. The van der Waals surface area contributed by atoms with Crippen molar-refractivity contribution in [2.45, 2.75) is 18.7 Å². The Morgan fingerprint density at radius 3 is 1.97 bits per heavy atom. The van der Waals surface area contributed by atoms with E-state index in [1.165, 1.54) is 31.2 Å². The summed E-state index contributed by atoms with van der Waals surface area (Å²) in [4.78, 5) is 24.0. The third-order valence-corrected chi connectivity index (χ3v) is 6.65. The molecule has 0 aliphatic carbocycles. The summed E-state index contributed by atoms with van der Waals surface area (Å²) >= 11 is 5.91. The Kier molecular flexibility index (Phi) is 8.14. The number of sulfonamides is 1. The molecule has 0 saturated heterocycles. The van der Waals surface area contributed by atoms with Crippen molar-refractivity contribution in [2.75, 3.05) is 28.1 Å². The molecule has 8 nitrogen and oxygen atoms in total. The van der Waals surface area contributed by atoms with Gasteiger partial charge in [-0.3, -0.25) is 13.9 Å². The number of ether oxygens (including phenoxy) is 1. The van der Waals surface area contributed by atoms with Gasteiger partial charge in [0.15, 0.2) is 0 Å². The van der Waals surface area contributed by atoms with E-state index in [-0.39, 0.29) is 10.8 Å². The summed E-state index contributed by atoms with van der Waals surface area (Å²) < 4.78 is 33.3. The van der Waals surface area contributed by atoms with E-state index in [1.807, 2.05) is 6.92 Å². The van der Waals surface area contributed by atoms with Crippen molar-refractivity contribution in [1.29, 1.82) is 0 Å². The maximum absolute atomic E-state index is 13.4. The van der Waals surface area contributed by atoms with Gasteiger partial charge in [0.05, 0.1) is 17.2 Å². The highest BCUT2D eigenvalue weighted by Gasteiger charge is 2.27. The summed E-state index contributed by atoms with van der Waals surface area (Å²) in [7, 11) is -4.08. The molecule has 0 aliphatic heterocycles. The van der Waals surface area contributed by atoms with Gasteiger partial charge in [0, 0.05) is 23.3 Å². The van der Waals surface area contributed by atoms with Crippen LogP contribution in [0.1, 0.15) is 13.8 Å². The van der Waals surface area contributed by atoms with E-state index in [0.29, 0.717) is 34.4 Å². The smallest absolute Gasteiger partial charge is 0.264 e. The van der Waals surface area contributed by atoms with Crippen LogP contribution < -0.4 is 19.7 Å². The number of nitrogens with zero attached hydrogens (tertiary/aromatic N) is 1. The average molecular weight is 502 g/mol. The maximum atomic E-state index is 13.4. The number of anilines is 3. The summed E-state index contributed by atoms with van der Waals surface area (Å²) in [6.07, 6.45) is 0. The summed E-state index contributed by atoms with van der Waals surface area (Å²) in [5.41, 5.74) is 1.33. The third-order valence-electron chi connectivity index (χ3n) is 4.61. The van der Waals surface area contributed by atoms with E-state index >= 15 is 0 Å². The van der Waals surface area contributed by atoms with E-state index in [9.17, 15) is 18.0 Å². The fourth-order valence-corrected chi connectivity index (χ4v) is 4.64. The van der Waals surface area contributed by atoms with Crippen molar-refractivity contribution in [2.24, 2.45) is 0 Å². The second-order valence-corrected chi connectivity index (χ2v) is 9.50. The first-order valence-corrected chi connectivity index (χ1v) is 12.2. The molecule has 0 bridgehead atoms. The van der Waals surface area contributed by atoms with Gasteiger partial charge >= 0.3 is 0 Å². The highest BCUT2D eigenvalue weighted by Crippen LogP contribution is 2.27. The van der Waals surface area contributed by atoms with E-state index in [0.717, 1.165) is 4.31 Å². The number of nitrogens with one attached hydrogen (secondary N) is 2. The quantitative estimate of drug-likeness (QED) is 0.448. The van der Waals surface area contributed by atoms with Crippen LogP contribution in [0.3, 0.4) is 0 Å². The van der Waals surface area contributed by atoms with Crippen molar-refractivity contribution in [3.05, 3.63) is 77.8 Å². The number of amides is 2. The fourth-order valence-electron chi connectivity index (χ4n) is 3.10. The van der Waals surface area contributed by atoms with Gasteiger partial charge in [0.1, 0.15) is 12.3 Å². The van der Waals surface area contributed by atoms with Crippen LogP contribution >= 0.6 is 11.6 Å². The summed E-state index contributed by atoms with van der Waals surface area (Å²) in [6, 6.07) is 18.6. The molecule has 10 heteroatoms. The topological polar surface area (TPSA) is 105 Å². The maximum Gasteiger partial charge on any atom is 0.264 e. The van der Waals surface area contributed by atoms with Crippen molar-refractivity contribution in [1.82, 2.24) is 0 Å². The highest BCUT2D eigenvalue weighted by molar-refractivity contribution is 7.92. The lowest BCUT2D eigenvalue weighted by molar-refractivity contribution is -0.115. The van der Waals surface area contributed by atoms with Crippen molar-refractivity contribution >= 4 is 50.5 Å². The van der Waals surface area contributed by atoms with Crippen molar-refractivity contribution in [3.8, 4) is 5.75 Å². The molecule has 3 rings (SSSR count). The molecule has 0 aliphatic rings. The summed E-state index contributed by atoms with van der Waals surface area (Å²) in [5, 5.41) is 5.71. The van der Waals surface area contributed by atoms with Crippen molar-refractivity contribution < 1.29 is 22.7 Å². The lowest BCUT2D eigenvalue weighted by Crippen LogP contribution is -2.38. The number of carbonyl (C=O) groups is 2. The van der Waals surface area contributed by atoms with Crippen LogP contribution in [0.5, 0.6) is 5.75 Å². The van der Waals surface area contributed by atoms with E-state index in [1.54, 1.807) is 48.5 Å². The molecule has 0 radical (unpaired) electrons. The van der Waals surface area contributed by atoms with Crippen LogP contribution in [-0.4, -0.2) is 33.4 Å². The molecule has 0 unspecified atom stereocenters. The zero-order valence-corrected chi connectivity index (χ0v) is 20.2. The molecule has 178 valence electrons. The Morgan fingerprint density at radius 1 is 0.882 bits per heavy atom. The van der Waals surface area contributed by atoms with Crippen LogP contribution in [0.15, 0.2) is 77.7 Å². The molecule has 2 N–H and O–H groups in total. The van der Waals surface area contributed by atoms with Crippen molar-refractivity contribution in [3.63, 3.8) is 0 Å². The number of rotatable bonds is 9. The molecule has 3 aromatic carbocycles. The predicted molar refractivity (Wildman–Crippen MR) is 133 cm³/mol. The van der Waals surface area contributed by atoms with Gasteiger partial charge in [-0.05, 0) is 79.7 Å². The van der Waals surface area contributed by atoms with Gasteiger partial charge < -0.3 is 15.4 Å². The number of hydrogen-bond acceptors (Lipinski definition) is 5. The average Bonchev–Trinajstić information content (AvgIpc) is 2.79. The first-order chi connectivity index (χ1) is 16.2.